The number of rotatable bonds is 7. The number of hydrogen-bond acceptors (Lipinski definition) is 6. The van der Waals surface area contributed by atoms with Gasteiger partial charge in [0.1, 0.15) is 17.4 Å². The molecule has 0 radical (unpaired) electrons. The van der Waals surface area contributed by atoms with Gasteiger partial charge >= 0.3 is 0 Å². The normalized spacial score (nSPS) is 13.6. The van der Waals surface area contributed by atoms with Crippen LogP contribution in [0, 0.1) is 5.82 Å². The van der Waals surface area contributed by atoms with Crippen molar-refractivity contribution in [1.29, 1.82) is 0 Å². The Labute approximate surface area is 191 Å². The molecule has 1 fully saturated rings. The molecule has 2 N–H and O–H groups in total. The van der Waals surface area contributed by atoms with E-state index in [1.54, 1.807) is 30.5 Å². The summed E-state index contributed by atoms with van der Waals surface area (Å²) in [5, 5.41) is 2.80. The lowest BCUT2D eigenvalue weighted by molar-refractivity contribution is 0.102. The predicted molar refractivity (Wildman–Crippen MR) is 124 cm³/mol. The SMILES string of the molecule is COc1ccc(NC(=O)c2cccnc2N2CCCC2)cc1NS(=O)(=O)c1ccc(F)cc1. The van der Waals surface area contributed by atoms with Crippen molar-refractivity contribution in [2.45, 2.75) is 17.7 Å². The van der Waals surface area contributed by atoms with Gasteiger partial charge in [0.25, 0.3) is 15.9 Å². The van der Waals surface area contributed by atoms with Crippen molar-refractivity contribution in [2.24, 2.45) is 0 Å². The first-order valence-corrected chi connectivity index (χ1v) is 11.8. The van der Waals surface area contributed by atoms with E-state index in [4.69, 9.17) is 4.74 Å². The average molecular weight is 471 g/mol. The molecule has 8 nitrogen and oxygen atoms in total. The van der Waals surface area contributed by atoms with Crippen LogP contribution in [-0.2, 0) is 10.0 Å². The number of sulfonamides is 1. The van der Waals surface area contributed by atoms with E-state index in [1.165, 1.54) is 13.2 Å². The second-order valence-electron chi connectivity index (χ2n) is 7.50. The zero-order valence-corrected chi connectivity index (χ0v) is 18.7. The zero-order valence-electron chi connectivity index (χ0n) is 17.9. The van der Waals surface area contributed by atoms with E-state index in [-0.39, 0.29) is 22.2 Å². The first kappa shape index (κ1) is 22.5. The topological polar surface area (TPSA) is 101 Å². The number of anilines is 3. The summed E-state index contributed by atoms with van der Waals surface area (Å²) < 4.78 is 46.4. The van der Waals surface area contributed by atoms with Gasteiger partial charge in [-0.2, -0.15) is 0 Å². The van der Waals surface area contributed by atoms with E-state index >= 15 is 0 Å². The highest BCUT2D eigenvalue weighted by atomic mass is 32.2. The van der Waals surface area contributed by atoms with Crippen LogP contribution in [0.25, 0.3) is 0 Å². The van der Waals surface area contributed by atoms with Crippen LogP contribution < -0.4 is 19.7 Å². The molecule has 1 aliphatic rings. The Hall–Kier alpha value is -3.66. The molecule has 0 aliphatic carbocycles. The average Bonchev–Trinajstić information content (AvgIpc) is 3.34. The van der Waals surface area contributed by atoms with Gasteiger partial charge in [-0.15, -0.1) is 0 Å². The number of hydrogen-bond donors (Lipinski definition) is 2. The first-order valence-electron chi connectivity index (χ1n) is 10.3. The Morgan fingerprint density at radius 3 is 2.52 bits per heavy atom. The van der Waals surface area contributed by atoms with Crippen LogP contribution in [0.4, 0.5) is 21.6 Å². The highest BCUT2D eigenvalue weighted by Gasteiger charge is 2.22. The van der Waals surface area contributed by atoms with E-state index in [0.29, 0.717) is 17.1 Å². The predicted octanol–water partition coefficient (Wildman–Crippen LogP) is 3.88. The lowest BCUT2D eigenvalue weighted by Gasteiger charge is -2.19. The van der Waals surface area contributed by atoms with E-state index in [1.807, 2.05) is 0 Å². The van der Waals surface area contributed by atoms with Crippen LogP contribution >= 0.6 is 0 Å². The minimum atomic E-state index is -4.00. The minimum Gasteiger partial charge on any atom is -0.495 e. The monoisotopic (exact) mass is 470 g/mol. The standard InChI is InChI=1S/C23H23FN4O4S/c1-32-21-11-8-17(15-20(21)27-33(30,31)18-9-6-16(24)7-10-18)26-23(29)19-5-4-12-25-22(19)28-13-2-3-14-28/h4-12,15,27H,2-3,13-14H2,1H3,(H,26,29). The summed E-state index contributed by atoms with van der Waals surface area (Å²) in [6, 6.07) is 12.5. The highest BCUT2D eigenvalue weighted by molar-refractivity contribution is 7.92. The van der Waals surface area contributed by atoms with Gasteiger partial charge in [0.15, 0.2) is 0 Å². The molecule has 0 saturated carbocycles. The number of methoxy groups -OCH3 is 1. The molecule has 2 aromatic carbocycles. The van der Waals surface area contributed by atoms with Crippen LogP contribution in [0.2, 0.25) is 0 Å². The van der Waals surface area contributed by atoms with Gasteiger partial charge in [-0.25, -0.2) is 17.8 Å². The van der Waals surface area contributed by atoms with Crippen molar-refractivity contribution in [3.63, 3.8) is 0 Å². The van der Waals surface area contributed by atoms with Crippen molar-refractivity contribution in [2.75, 3.05) is 35.1 Å². The van der Waals surface area contributed by atoms with Gasteiger partial charge in [-0.3, -0.25) is 9.52 Å². The van der Waals surface area contributed by atoms with Gasteiger partial charge in [-0.05, 0) is 67.4 Å². The Balaban J connectivity index is 1.59. The van der Waals surface area contributed by atoms with E-state index < -0.39 is 15.8 Å². The van der Waals surface area contributed by atoms with E-state index in [2.05, 4.69) is 19.9 Å². The van der Waals surface area contributed by atoms with Crippen molar-refractivity contribution in [1.82, 2.24) is 4.98 Å². The number of carbonyl (C=O) groups excluding carboxylic acids is 1. The number of aromatic nitrogens is 1. The van der Waals surface area contributed by atoms with Crippen LogP contribution in [0.15, 0.2) is 65.7 Å². The molecule has 0 unspecified atom stereocenters. The summed E-state index contributed by atoms with van der Waals surface area (Å²) in [7, 11) is -2.60. The summed E-state index contributed by atoms with van der Waals surface area (Å²) in [4.78, 5) is 19.4. The number of halogens is 1. The molecule has 3 aromatic rings. The van der Waals surface area contributed by atoms with Crippen LogP contribution in [-0.4, -0.2) is 39.5 Å². The molecule has 1 aromatic heterocycles. The molecular formula is C23H23FN4O4S. The molecule has 0 bridgehead atoms. The number of nitrogens with zero attached hydrogens (tertiary/aromatic N) is 2. The summed E-state index contributed by atoms with van der Waals surface area (Å²) in [6.45, 7) is 1.68. The van der Waals surface area contributed by atoms with Crippen molar-refractivity contribution < 1.29 is 22.3 Å². The Morgan fingerprint density at radius 1 is 1.09 bits per heavy atom. The maximum Gasteiger partial charge on any atom is 0.262 e. The quantitative estimate of drug-likeness (QED) is 0.544. The maximum atomic E-state index is 13.2. The fourth-order valence-electron chi connectivity index (χ4n) is 3.64. The Kier molecular flexibility index (Phi) is 6.45. The molecule has 33 heavy (non-hydrogen) atoms. The third-order valence-corrected chi connectivity index (χ3v) is 6.64. The fourth-order valence-corrected chi connectivity index (χ4v) is 4.70. The number of ether oxygens (including phenoxy) is 1. The van der Waals surface area contributed by atoms with Crippen molar-refractivity contribution in [3.05, 3.63) is 72.2 Å². The molecule has 1 amide bonds. The molecule has 0 atom stereocenters. The van der Waals surface area contributed by atoms with E-state index in [9.17, 15) is 17.6 Å². The molecule has 172 valence electrons. The maximum absolute atomic E-state index is 13.2. The smallest absolute Gasteiger partial charge is 0.262 e. The molecule has 4 rings (SSSR count). The Morgan fingerprint density at radius 2 is 1.82 bits per heavy atom. The lowest BCUT2D eigenvalue weighted by Crippen LogP contribution is -2.24. The third-order valence-electron chi connectivity index (χ3n) is 5.26. The number of benzene rings is 2. The van der Waals surface area contributed by atoms with Crippen LogP contribution in [0.1, 0.15) is 23.2 Å². The minimum absolute atomic E-state index is 0.106. The molecule has 1 aliphatic heterocycles. The van der Waals surface area contributed by atoms with Gasteiger partial charge < -0.3 is 15.0 Å². The van der Waals surface area contributed by atoms with Crippen LogP contribution in [0.3, 0.4) is 0 Å². The van der Waals surface area contributed by atoms with Crippen LogP contribution in [0.5, 0.6) is 5.75 Å². The van der Waals surface area contributed by atoms with Crippen molar-refractivity contribution >= 4 is 33.1 Å². The molecule has 1 saturated heterocycles. The van der Waals surface area contributed by atoms with Gasteiger partial charge in [0, 0.05) is 25.0 Å². The molecule has 2 heterocycles. The second kappa shape index (κ2) is 9.45. The third kappa shape index (κ3) is 5.06. The van der Waals surface area contributed by atoms with Gasteiger partial charge in [-0.1, -0.05) is 0 Å². The summed E-state index contributed by atoms with van der Waals surface area (Å²) in [6.07, 6.45) is 3.75. The van der Waals surface area contributed by atoms with Gasteiger partial charge in [0.05, 0.1) is 23.3 Å². The molecule has 10 heteroatoms. The summed E-state index contributed by atoms with van der Waals surface area (Å²) in [5.74, 6) is -0.0153. The molecule has 0 spiro atoms. The number of nitrogens with one attached hydrogen (secondary N) is 2. The number of amides is 1. The van der Waals surface area contributed by atoms with Crippen molar-refractivity contribution in [3.8, 4) is 5.75 Å². The second-order valence-corrected chi connectivity index (χ2v) is 9.18. The number of pyridine rings is 1. The summed E-state index contributed by atoms with van der Waals surface area (Å²) in [5.41, 5.74) is 0.933. The first-order chi connectivity index (χ1) is 15.9. The van der Waals surface area contributed by atoms with Gasteiger partial charge in [0.2, 0.25) is 0 Å². The number of carbonyl (C=O) groups is 1. The fraction of sp³-hybridized carbons (Fsp3) is 0.217. The zero-order chi connectivity index (χ0) is 23.4. The largest absolute Gasteiger partial charge is 0.495 e. The highest BCUT2D eigenvalue weighted by Crippen LogP contribution is 2.31. The molecular weight excluding hydrogens is 447 g/mol. The lowest BCUT2D eigenvalue weighted by atomic mass is 10.2. The summed E-state index contributed by atoms with van der Waals surface area (Å²) >= 11 is 0. The van der Waals surface area contributed by atoms with E-state index in [0.717, 1.165) is 50.2 Å². The Bertz CT molecular complexity index is 1260.